The summed E-state index contributed by atoms with van der Waals surface area (Å²) >= 11 is 0. The van der Waals surface area contributed by atoms with E-state index in [9.17, 15) is 19.2 Å². The average molecular weight is 383 g/mol. The highest BCUT2D eigenvalue weighted by Gasteiger charge is 2.28. The number of carboxylic acid groups (broad SMARTS) is 1. The van der Waals surface area contributed by atoms with E-state index in [1.54, 1.807) is 18.3 Å². The van der Waals surface area contributed by atoms with E-state index in [1.807, 2.05) is 10.8 Å². The van der Waals surface area contributed by atoms with Crippen LogP contribution in [0.1, 0.15) is 33.6 Å². The first-order chi connectivity index (χ1) is 13.4. The van der Waals surface area contributed by atoms with Crippen molar-refractivity contribution in [2.24, 2.45) is 0 Å². The van der Waals surface area contributed by atoms with Gasteiger partial charge in [-0.3, -0.25) is 14.8 Å². The number of fused-ring (bicyclic) bond motifs is 3. The summed E-state index contributed by atoms with van der Waals surface area (Å²) in [6.07, 6.45) is 4.15. The normalized spacial score (nSPS) is 13.8. The number of aryl methyl sites for hydroxylation is 1. The Morgan fingerprint density at radius 3 is 2.71 bits per heavy atom. The Hall–Kier alpha value is -3.26. The third-order valence-corrected chi connectivity index (χ3v) is 4.99. The van der Waals surface area contributed by atoms with E-state index in [4.69, 9.17) is 5.11 Å². The smallest absolute Gasteiger partial charge is 0.303 e. The fourth-order valence-electron chi connectivity index (χ4n) is 3.66. The van der Waals surface area contributed by atoms with Gasteiger partial charge in [-0.05, 0) is 41.7 Å². The number of pyridine rings is 1. The van der Waals surface area contributed by atoms with Gasteiger partial charge in [-0.15, -0.1) is 0 Å². The molecule has 4 rings (SSSR count). The summed E-state index contributed by atoms with van der Waals surface area (Å²) in [5, 5.41) is 20.2. The van der Waals surface area contributed by atoms with Gasteiger partial charge in [0.1, 0.15) is 11.5 Å². The Kier molecular flexibility index (Phi) is 4.56. The second-order valence-electron chi connectivity index (χ2n) is 6.83. The van der Waals surface area contributed by atoms with E-state index in [0.717, 1.165) is 27.6 Å². The maximum Gasteiger partial charge on any atom is 0.303 e. The van der Waals surface area contributed by atoms with Crippen molar-refractivity contribution in [3.8, 4) is 0 Å². The van der Waals surface area contributed by atoms with Crippen molar-refractivity contribution in [1.29, 1.82) is 0 Å². The first-order valence-corrected chi connectivity index (χ1v) is 8.90. The number of carbonyl (C=O) groups excluding carboxylic acids is 1. The molecule has 3 aromatic rings. The SMILES string of the molecule is O=C(O)CCc1cn(Cc2ccc(F)cc2)c2cnc3c(c12)CCN(O)C3=O. The number of halogens is 1. The van der Waals surface area contributed by atoms with Crippen LogP contribution in [0.2, 0.25) is 0 Å². The molecule has 0 fully saturated rings. The van der Waals surface area contributed by atoms with Crippen molar-refractivity contribution in [3.63, 3.8) is 0 Å². The number of rotatable bonds is 5. The summed E-state index contributed by atoms with van der Waals surface area (Å²) in [6, 6.07) is 6.16. The highest BCUT2D eigenvalue weighted by molar-refractivity contribution is 6.00. The molecule has 0 aliphatic carbocycles. The lowest BCUT2D eigenvalue weighted by Crippen LogP contribution is -2.35. The molecule has 0 spiro atoms. The number of benzene rings is 1. The molecule has 2 N–H and O–H groups in total. The van der Waals surface area contributed by atoms with Gasteiger partial charge in [0.2, 0.25) is 0 Å². The highest BCUT2D eigenvalue weighted by atomic mass is 19.1. The predicted octanol–water partition coefficient (Wildman–Crippen LogP) is 2.63. The highest BCUT2D eigenvalue weighted by Crippen LogP contribution is 2.31. The van der Waals surface area contributed by atoms with Crippen LogP contribution >= 0.6 is 0 Å². The minimum absolute atomic E-state index is 0.0349. The molecule has 1 aliphatic rings. The zero-order chi connectivity index (χ0) is 19.8. The van der Waals surface area contributed by atoms with Crippen molar-refractivity contribution in [2.75, 3.05) is 6.54 Å². The topological polar surface area (TPSA) is 95.7 Å². The molecule has 28 heavy (non-hydrogen) atoms. The molecule has 2 aromatic heterocycles. The van der Waals surface area contributed by atoms with E-state index >= 15 is 0 Å². The molecule has 0 radical (unpaired) electrons. The standard InChI is InChI=1S/C20H18FN3O4/c21-14-4-1-12(2-5-14)10-23-11-13(3-6-17(25)26)18-15-7-8-24(28)20(27)19(15)22-9-16(18)23/h1-2,4-5,9,11,28H,3,6-8,10H2,(H,25,26). The maximum atomic E-state index is 13.2. The van der Waals surface area contributed by atoms with Crippen LogP contribution in [-0.4, -0.2) is 43.3 Å². The summed E-state index contributed by atoms with van der Waals surface area (Å²) < 4.78 is 15.1. The van der Waals surface area contributed by atoms with Crippen LogP contribution < -0.4 is 0 Å². The van der Waals surface area contributed by atoms with Gasteiger partial charge >= 0.3 is 5.97 Å². The lowest BCUT2D eigenvalue weighted by Gasteiger charge is -2.22. The average Bonchev–Trinajstić information content (AvgIpc) is 3.02. The summed E-state index contributed by atoms with van der Waals surface area (Å²) in [7, 11) is 0. The molecule has 0 saturated heterocycles. The third-order valence-electron chi connectivity index (χ3n) is 4.99. The minimum Gasteiger partial charge on any atom is -0.481 e. The van der Waals surface area contributed by atoms with Gasteiger partial charge in [0.05, 0.1) is 18.3 Å². The molecule has 7 nitrogen and oxygen atoms in total. The lowest BCUT2D eigenvalue weighted by molar-refractivity contribution is -0.136. The Morgan fingerprint density at radius 1 is 1.25 bits per heavy atom. The van der Waals surface area contributed by atoms with Crippen LogP contribution in [0.25, 0.3) is 10.9 Å². The minimum atomic E-state index is -0.903. The number of amides is 1. The second-order valence-corrected chi connectivity index (χ2v) is 6.83. The Balaban J connectivity index is 1.83. The number of aromatic nitrogens is 2. The Morgan fingerprint density at radius 2 is 2.00 bits per heavy atom. The summed E-state index contributed by atoms with van der Waals surface area (Å²) in [5.41, 5.74) is 3.40. The van der Waals surface area contributed by atoms with Crippen LogP contribution in [0.15, 0.2) is 36.7 Å². The van der Waals surface area contributed by atoms with Crippen molar-refractivity contribution in [3.05, 3.63) is 64.9 Å². The summed E-state index contributed by atoms with van der Waals surface area (Å²) in [6.45, 7) is 0.624. The van der Waals surface area contributed by atoms with Gasteiger partial charge in [-0.25, -0.2) is 14.4 Å². The van der Waals surface area contributed by atoms with Crippen molar-refractivity contribution in [2.45, 2.75) is 25.8 Å². The Bertz CT molecular complexity index is 1080. The first-order valence-electron chi connectivity index (χ1n) is 8.90. The van der Waals surface area contributed by atoms with Crippen LogP contribution in [0.5, 0.6) is 0 Å². The molecule has 1 aliphatic heterocycles. The van der Waals surface area contributed by atoms with E-state index in [-0.39, 0.29) is 24.5 Å². The molecule has 0 saturated carbocycles. The molecule has 1 aromatic carbocycles. The molecular formula is C20H18FN3O4. The second kappa shape index (κ2) is 7.05. The quantitative estimate of drug-likeness (QED) is 0.661. The molecule has 3 heterocycles. The third kappa shape index (κ3) is 3.22. The summed E-state index contributed by atoms with van der Waals surface area (Å²) in [4.78, 5) is 27.6. The number of nitrogens with zero attached hydrogens (tertiary/aromatic N) is 3. The number of hydrogen-bond acceptors (Lipinski definition) is 4. The fraction of sp³-hybridized carbons (Fsp3) is 0.250. The van der Waals surface area contributed by atoms with E-state index in [1.165, 1.54) is 12.1 Å². The largest absolute Gasteiger partial charge is 0.481 e. The van der Waals surface area contributed by atoms with Crippen molar-refractivity contribution in [1.82, 2.24) is 14.6 Å². The van der Waals surface area contributed by atoms with Crippen LogP contribution in [-0.2, 0) is 24.2 Å². The van der Waals surface area contributed by atoms with Crippen LogP contribution in [0, 0.1) is 5.82 Å². The van der Waals surface area contributed by atoms with E-state index < -0.39 is 11.9 Å². The van der Waals surface area contributed by atoms with Crippen molar-refractivity contribution >= 4 is 22.8 Å². The number of carbonyl (C=O) groups is 2. The van der Waals surface area contributed by atoms with Gasteiger partial charge in [-0.1, -0.05) is 12.1 Å². The first kappa shape index (κ1) is 18.1. The zero-order valence-corrected chi connectivity index (χ0v) is 14.9. The van der Waals surface area contributed by atoms with Crippen LogP contribution in [0.4, 0.5) is 4.39 Å². The zero-order valence-electron chi connectivity index (χ0n) is 14.9. The molecule has 144 valence electrons. The monoisotopic (exact) mass is 383 g/mol. The summed E-state index contributed by atoms with van der Waals surface area (Å²) in [5.74, 6) is -1.77. The lowest BCUT2D eigenvalue weighted by atomic mass is 9.97. The maximum absolute atomic E-state index is 13.2. The molecule has 0 unspecified atom stereocenters. The molecular weight excluding hydrogens is 365 g/mol. The van der Waals surface area contributed by atoms with Gasteiger partial charge in [0, 0.05) is 24.5 Å². The van der Waals surface area contributed by atoms with Crippen molar-refractivity contribution < 1.29 is 24.3 Å². The molecule has 0 atom stereocenters. The number of aliphatic carboxylic acids is 1. The van der Waals surface area contributed by atoms with Gasteiger partial charge in [-0.2, -0.15) is 0 Å². The predicted molar refractivity (Wildman–Crippen MR) is 97.7 cm³/mol. The molecule has 1 amide bonds. The Labute approximate surface area is 159 Å². The van der Waals surface area contributed by atoms with Gasteiger partial charge in [0.15, 0.2) is 0 Å². The van der Waals surface area contributed by atoms with Gasteiger partial charge < -0.3 is 9.67 Å². The van der Waals surface area contributed by atoms with Gasteiger partial charge in [0.25, 0.3) is 5.91 Å². The molecule has 8 heteroatoms. The fourth-order valence-corrected chi connectivity index (χ4v) is 3.66. The molecule has 0 bridgehead atoms. The number of hydrogen-bond donors (Lipinski definition) is 2. The number of hydroxylamine groups is 2. The van der Waals surface area contributed by atoms with Crippen LogP contribution in [0.3, 0.4) is 0 Å². The number of carboxylic acids is 1. The van der Waals surface area contributed by atoms with E-state index in [0.29, 0.717) is 24.4 Å². The van der Waals surface area contributed by atoms with E-state index in [2.05, 4.69) is 4.98 Å².